The van der Waals surface area contributed by atoms with Crippen LogP contribution in [-0.4, -0.2) is 32.8 Å². The van der Waals surface area contributed by atoms with Crippen LogP contribution in [0.4, 0.5) is 0 Å². The number of aryl methyl sites for hydroxylation is 2. The van der Waals surface area contributed by atoms with Crippen LogP contribution in [0.1, 0.15) is 22.5 Å². The van der Waals surface area contributed by atoms with Gasteiger partial charge in [-0.25, -0.2) is 4.79 Å². The van der Waals surface area contributed by atoms with Crippen molar-refractivity contribution in [3.8, 4) is 0 Å². The lowest BCUT2D eigenvalue weighted by atomic mass is 10.0. The zero-order valence-electron chi connectivity index (χ0n) is 13.5. The largest absolute Gasteiger partial charge is 0.480 e. The van der Waals surface area contributed by atoms with Crippen LogP contribution >= 0.6 is 0 Å². The summed E-state index contributed by atoms with van der Waals surface area (Å²) in [6.45, 7) is 3.73. The van der Waals surface area contributed by atoms with Gasteiger partial charge in [-0.15, -0.1) is 0 Å². The van der Waals surface area contributed by atoms with Crippen LogP contribution < -0.4 is 5.32 Å². The van der Waals surface area contributed by atoms with Gasteiger partial charge in [-0.2, -0.15) is 5.10 Å². The molecule has 1 atom stereocenters. The van der Waals surface area contributed by atoms with E-state index in [1.54, 1.807) is 4.68 Å². The van der Waals surface area contributed by atoms with E-state index in [1.165, 1.54) is 0 Å². The van der Waals surface area contributed by atoms with Crippen LogP contribution in [0.3, 0.4) is 0 Å². The number of carbonyl (C=O) groups excluding carboxylic acids is 1. The SMILES string of the molecule is Cc1nn(C)c(C)c1CC(=O)NC(Cc1ccccc1)C(=O)O. The minimum atomic E-state index is -1.04. The second-order valence-corrected chi connectivity index (χ2v) is 5.60. The first-order chi connectivity index (χ1) is 10.9. The van der Waals surface area contributed by atoms with Crippen molar-refractivity contribution in [2.24, 2.45) is 7.05 Å². The van der Waals surface area contributed by atoms with Crippen LogP contribution in [0.25, 0.3) is 0 Å². The predicted octanol–water partition coefficient (Wildman–Crippen LogP) is 1.39. The highest BCUT2D eigenvalue weighted by molar-refractivity contribution is 5.85. The van der Waals surface area contributed by atoms with Gasteiger partial charge in [0.2, 0.25) is 5.91 Å². The molecule has 0 fully saturated rings. The molecular weight excluding hydrogens is 294 g/mol. The lowest BCUT2D eigenvalue weighted by Gasteiger charge is -2.15. The monoisotopic (exact) mass is 315 g/mol. The first-order valence-electron chi connectivity index (χ1n) is 7.43. The Hall–Kier alpha value is -2.63. The molecule has 0 saturated heterocycles. The van der Waals surface area contributed by atoms with E-state index < -0.39 is 12.0 Å². The minimum Gasteiger partial charge on any atom is -0.480 e. The predicted molar refractivity (Wildman–Crippen MR) is 86.1 cm³/mol. The van der Waals surface area contributed by atoms with Crippen molar-refractivity contribution in [2.45, 2.75) is 32.7 Å². The summed E-state index contributed by atoms with van der Waals surface area (Å²) < 4.78 is 1.72. The van der Waals surface area contributed by atoms with Gasteiger partial charge < -0.3 is 10.4 Å². The Kier molecular flexibility index (Phi) is 5.16. The van der Waals surface area contributed by atoms with E-state index in [9.17, 15) is 14.7 Å². The van der Waals surface area contributed by atoms with Crippen LogP contribution in [-0.2, 0) is 29.5 Å². The number of rotatable bonds is 6. The number of carbonyl (C=O) groups is 2. The summed E-state index contributed by atoms with van der Waals surface area (Å²) in [5.74, 6) is -1.35. The normalized spacial score (nSPS) is 12.0. The third-order valence-electron chi connectivity index (χ3n) is 3.91. The number of carboxylic acids is 1. The Morgan fingerprint density at radius 1 is 1.26 bits per heavy atom. The summed E-state index contributed by atoms with van der Waals surface area (Å²) in [6, 6.07) is 8.31. The van der Waals surface area contributed by atoms with Crippen molar-refractivity contribution in [1.29, 1.82) is 0 Å². The highest BCUT2D eigenvalue weighted by Crippen LogP contribution is 2.13. The molecule has 1 amide bonds. The molecular formula is C17H21N3O3. The summed E-state index contributed by atoms with van der Waals surface area (Å²) in [7, 11) is 1.82. The molecule has 0 spiro atoms. The Bertz CT molecular complexity index is 707. The highest BCUT2D eigenvalue weighted by atomic mass is 16.4. The lowest BCUT2D eigenvalue weighted by Crippen LogP contribution is -2.43. The van der Waals surface area contributed by atoms with Crippen molar-refractivity contribution in [3.63, 3.8) is 0 Å². The van der Waals surface area contributed by atoms with Crippen LogP contribution in [0.2, 0.25) is 0 Å². The summed E-state index contributed by atoms with van der Waals surface area (Å²) in [4.78, 5) is 23.6. The fraction of sp³-hybridized carbons (Fsp3) is 0.353. The van der Waals surface area contributed by atoms with E-state index in [2.05, 4.69) is 10.4 Å². The topological polar surface area (TPSA) is 84.2 Å². The molecule has 0 radical (unpaired) electrons. The number of carboxylic acid groups (broad SMARTS) is 1. The second-order valence-electron chi connectivity index (χ2n) is 5.60. The van der Waals surface area contributed by atoms with Crippen LogP contribution in [0.15, 0.2) is 30.3 Å². The molecule has 1 heterocycles. The molecule has 2 rings (SSSR count). The standard InChI is InChI=1S/C17H21N3O3/c1-11-14(12(2)20(3)19-11)10-16(21)18-15(17(22)23)9-13-7-5-4-6-8-13/h4-8,15H,9-10H2,1-3H3,(H,18,21)(H,22,23). The molecule has 0 bridgehead atoms. The van der Waals surface area contributed by atoms with E-state index in [4.69, 9.17) is 0 Å². The highest BCUT2D eigenvalue weighted by Gasteiger charge is 2.22. The summed E-state index contributed by atoms with van der Waals surface area (Å²) in [5, 5.41) is 16.2. The van der Waals surface area contributed by atoms with Gasteiger partial charge in [0.05, 0.1) is 12.1 Å². The molecule has 6 heteroatoms. The molecule has 6 nitrogen and oxygen atoms in total. The third kappa shape index (κ3) is 4.18. The number of aliphatic carboxylic acids is 1. The maximum atomic E-state index is 12.2. The summed E-state index contributed by atoms with van der Waals surface area (Å²) in [6.07, 6.45) is 0.386. The van der Waals surface area contributed by atoms with Crippen molar-refractivity contribution in [1.82, 2.24) is 15.1 Å². The van der Waals surface area contributed by atoms with E-state index in [0.29, 0.717) is 0 Å². The third-order valence-corrected chi connectivity index (χ3v) is 3.91. The Morgan fingerprint density at radius 3 is 2.43 bits per heavy atom. The lowest BCUT2D eigenvalue weighted by molar-refractivity contribution is -0.141. The zero-order chi connectivity index (χ0) is 17.0. The molecule has 0 aliphatic heterocycles. The summed E-state index contributed by atoms with van der Waals surface area (Å²) in [5.41, 5.74) is 3.41. The fourth-order valence-electron chi connectivity index (χ4n) is 2.53. The van der Waals surface area contributed by atoms with E-state index in [0.717, 1.165) is 22.5 Å². The second kappa shape index (κ2) is 7.09. The fourth-order valence-corrected chi connectivity index (χ4v) is 2.53. The molecule has 1 unspecified atom stereocenters. The number of nitrogens with zero attached hydrogens (tertiary/aromatic N) is 2. The first kappa shape index (κ1) is 16.7. The average Bonchev–Trinajstić information content (AvgIpc) is 2.74. The Balaban J connectivity index is 2.05. The van der Waals surface area contributed by atoms with E-state index in [1.807, 2.05) is 51.2 Å². The van der Waals surface area contributed by atoms with Gasteiger partial charge in [0.15, 0.2) is 0 Å². The molecule has 1 aromatic carbocycles. The van der Waals surface area contributed by atoms with E-state index >= 15 is 0 Å². The van der Waals surface area contributed by atoms with Crippen molar-refractivity contribution < 1.29 is 14.7 Å². The van der Waals surface area contributed by atoms with Crippen LogP contribution in [0, 0.1) is 13.8 Å². The number of aromatic nitrogens is 2. The van der Waals surface area contributed by atoms with Gasteiger partial charge in [0.25, 0.3) is 0 Å². The molecule has 23 heavy (non-hydrogen) atoms. The number of amides is 1. The van der Waals surface area contributed by atoms with Crippen molar-refractivity contribution >= 4 is 11.9 Å². The Labute approximate surface area is 135 Å². The smallest absolute Gasteiger partial charge is 0.326 e. The van der Waals surface area contributed by atoms with Gasteiger partial charge in [-0.3, -0.25) is 9.48 Å². The molecule has 2 aromatic rings. The number of nitrogens with one attached hydrogen (secondary N) is 1. The molecule has 0 aliphatic carbocycles. The van der Waals surface area contributed by atoms with Gasteiger partial charge in [0.1, 0.15) is 6.04 Å². The zero-order valence-corrected chi connectivity index (χ0v) is 13.5. The maximum absolute atomic E-state index is 12.2. The molecule has 0 aliphatic rings. The number of hydrogen-bond acceptors (Lipinski definition) is 3. The van der Waals surface area contributed by atoms with Crippen molar-refractivity contribution in [3.05, 3.63) is 52.8 Å². The number of hydrogen-bond donors (Lipinski definition) is 2. The Morgan fingerprint density at radius 2 is 1.91 bits per heavy atom. The molecule has 1 aromatic heterocycles. The van der Waals surface area contributed by atoms with Gasteiger partial charge in [-0.05, 0) is 19.4 Å². The van der Waals surface area contributed by atoms with Crippen LogP contribution in [0.5, 0.6) is 0 Å². The maximum Gasteiger partial charge on any atom is 0.326 e. The van der Waals surface area contributed by atoms with Gasteiger partial charge in [-0.1, -0.05) is 30.3 Å². The molecule has 122 valence electrons. The summed E-state index contributed by atoms with van der Waals surface area (Å²) >= 11 is 0. The molecule has 0 saturated carbocycles. The van der Waals surface area contributed by atoms with E-state index in [-0.39, 0.29) is 18.7 Å². The minimum absolute atomic E-state index is 0.129. The quantitative estimate of drug-likeness (QED) is 0.844. The first-order valence-corrected chi connectivity index (χ1v) is 7.43. The van der Waals surface area contributed by atoms with Crippen molar-refractivity contribution in [2.75, 3.05) is 0 Å². The van der Waals surface area contributed by atoms with Gasteiger partial charge >= 0.3 is 5.97 Å². The van der Waals surface area contributed by atoms with Gasteiger partial charge in [0, 0.05) is 24.7 Å². The molecule has 2 N–H and O–H groups in total. The number of benzene rings is 1. The average molecular weight is 315 g/mol.